The fourth-order valence-corrected chi connectivity index (χ4v) is 4.39. The summed E-state index contributed by atoms with van der Waals surface area (Å²) in [6, 6.07) is 13.3. The molecule has 33 heavy (non-hydrogen) atoms. The predicted octanol–water partition coefficient (Wildman–Crippen LogP) is 7.85. The molecule has 0 radical (unpaired) electrons. The molecule has 3 rings (SSSR count). The van der Waals surface area contributed by atoms with Gasteiger partial charge in [0.25, 0.3) is 0 Å². The van der Waals surface area contributed by atoms with Crippen LogP contribution in [0, 0.1) is 32.1 Å². The van der Waals surface area contributed by atoms with Crippen LogP contribution in [0.25, 0.3) is 5.57 Å². The lowest BCUT2D eigenvalue weighted by Crippen LogP contribution is -2.11. The van der Waals surface area contributed by atoms with E-state index in [0.29, 0.717) is 6.04 Å². The number of nitrogens with zero attached hydrogens (tertiary/aromatic N) is 1. The molecule has 0 heterocycles. The number of aliphatic hydroxyl groups excluding tert-OH is 1. The molecule has 3 nitrogen and oxygen atoms in total. The maximum Gasteiger partial charge on any atom is 0.0994 e. The van der Waals surface area contributed by atoms with Gasteiger partial charge in [-0.15, -0.1) is 0 Å². The van der Waals surface area contributed by atoms with E-state index in [9.17, 15) is 5.26 Å². The van der Waals surface area contributed by atoms with Crippen LogP contribution >= 0.6 is 0 Å². The number of unbranched alkanes of at least 4 members (excludes halogenated alkanes) is 1. The Kier molecular flexibility index (Phi) is 10.7. The van der Waals surface area contributed by atoms with Crippen molar-refractivity contribution in [1.82, 2.24) is 0 Å². The maximum absolute atomic E-state index is 9.48. The highest BCUT2D eigenvalue weighted by molar-refractivity contribution is 5.85. The Bertz CT molecular complexity index is 976. The van der Waals surface area contributed by atoms with Crippen LogP contribution in [0.15, 0.2) is 36.4 Å². The van der Waals surface area contributed by atoms with Gasteiger partial charge in [0.2, 0.25) is 0 Å². The summed E-state index contributed by atoms with van der Waals surface area (Å²) in [7, 11) is 0. The summed E-state index contributed by atoms with van der Waals surface area (Å²) in [6.45, 7) is 12.8. The van der Waals surface area contributed by atoms with Crippen LogP contribution < -0.4 is 5.32 Å². The molecular formula is C30H42N2O. The number of aryl methyl sites for hydroxylation is 2. The average molecular weight is 447 g/mol. The van der Waals surface area contributed by atoms with Gasteiger partial charge in [-0.2, -0.15) is 5.26 Å². The highest BCUT2D eigenvalue weighted by atomic mass is 16.3. The normalized spacial score (nSPS) is 14.5. The van der Waals surface area contributed by atoms with Crippen molar-refractivity contribution < 1.29 is 5.11 Å². The summed E-state index contributed by atoms with van der Waals surface area (Å²) in [5.41, 5.74) is 9.05. The van der Waals surface area contributed by atoms with Gasteiger partial charge in [-0.25, -0.2) is 0 Å². The average Bonchev–Trinajstić information content (AvgIpc) is 2.78. The molecule has 0 spiro atoms. The molecule has 2 aromatic carbocycles. The van der Waals surface area contributed by atoms with Crippen molar-refractivity contribution >= 4 is 11.3 Å². The van der Waals surface area contributed by atoms with E-state index in [2.05, 4.69) is 76.3 Å². The van der Waals surface area contributed by atoms with Crippen molar-refractivity contribution in [3.05, 3.63) is 69.8 Å². The predicted molar refractivity (Wildman–Crippen MR) is 142 cm³/mol. The Morgan fingerprint density at radius 1 is 1.09 bits per heavy atom. The van der Waals surface area contributed by atoms with Crippen molar-refractivity contribution in [3.63, 3.8) is 0 Å². The first-order chi connectivity index (χ1) is 15.8. The second-order valence-corrected chi connectivity index (χ2v) is 9.57. The molecule has 0 unspecified atom stereocenters. The molecule has 0 amide bonds. The second-order valence-electron chi connectivity index (χ2n) is 9.57. The van der Waals surface area contributed by atoms with Crippen molar-refractivity contribution in [2.45, 2.75) is 98.6 Å². The van der Waals surface area contributed by atoms with E-state index < -0.39 is 0 Å². The molecule has 1 fully saturated rings. The molecule has 0 aromatic heterocycles. The van der Waals surface area contributed by atoms with E-state index in [1.165, 1.54) is 47.2 Å². The Hall–Kier alpha value is -2.57. The van der Waals surface area contributed by atoms with Gasteiger partial charge in [0, 0.05) is 11.7 Å². The smallest absolute Gasteiger partial charge is 0.0994 e. The molecule has 1 aliphatic rings. The van der Waals surface area contributed by atoms with Gasteiger partial charge in [-0.3, -0.25) is 0 Å². The van der Waals surface area contributed by atoms with Crippen molar-refractivity contribution in [2.24, 2.45) is 0 Å². The summed E-state index contributed by atoms with van der Waals surface area (Å²) in [5, 5.41) is 21.9. The number of nitrogens with one attached hydrogen (secondary N) is 1. The molecule has 1 aliphatic carbocycles. The third-order valence-electron chi connectivity index (χ3n) is 6.26. The molecule has 0 atom stereocenters. The van der Waals surface area contributed by atoms with E-state index >= 15 is 0 Å². The minimum absolute atomic E-state index is 0.0359. The number of hydrogen-bond acceptors (Lipinski definition) is 3. The molecule has 0 aliphatic heterocycles. The standard InChI is InChI=1S/C24H30N2.C6H12O/c1-7-8-10-22(23-14-20(15-25)17(4)13-18(23)5)21-11-9-12-24(19(21)6)26-16(2)3;7-6-4-2-1-3-5-6/h9-14,16,26H,7-8H2,1-6H3;6-7H,1-5H2/b22-10-;. The van der Waals surface area contributed by atoms with Crippen molar-refractivity contribution in [3.8, 4) is 6.07 Å². The molecule has 1 saturated carbocycles. The van der Waals surface area contributed by atoms with Crippen LogP contribution in [0.2, 0.25) is 0 Å². The first-order valence-corrected chi connectivity index (χ1v) is 12.5. The largest absolute Gasteiger partial charge is 0.393 e. The van der Waals surface area contributed by atoms with Crippen LogP contribution in [0.4, 0.5) is 5.69 Å². The molecule has 178 valence electrons. The number of anilines is 1. The van der Waals surface area contributed by atoms with Gasteiger partial charge in [-0.05, 0) is 99.4 Å². The van der Waals surface area contributed by atoms with E-state index in [1.54, 1.807) is 0 Å². The zero-order valence-corrected chi connectivity index (χ0v) is 21.5. The fourth-order valence-electron chi connectivity index (χ4n) is 4.39. The lowest BCUT2D eigenvalue weighted by atomic mass is 9.88. The molecule has 0 bridgehead atoms. The number of hydrogen-bond donors (Lipinski definition) is 2. The van der Waals surface area contributed by atoms with Gasteiger partial charge in [0.05, 0.1) is 17.7 Å². The maximum atomic E-state index is 9.48. The van der Waals surface area contributed by atoms with Gasteiger partial charge >= 0.3 is 0 Å². The van der Waals surface area contributed by atoms with E-state index in [4.69, 9.17) is 5.11 Å². The summed E-state index contributed by atoms with van der Waals surface area (Å²) >= 11 is 0. The number of nitriles is 1. The monoisotopic (exact) mass is 446 g/mol. The summed E-state index contributed by atoms with van der Waals surface area (Å²) < 4.78 is 0. The molecule has 3 heteroatoms. The Morgan fingerprint density at radius 2 is 1.79 bits per heavy atom. The van der Waals surface area contributed by atoms with Gasteiger partial charge in [0.15, 0.2) is 0 Å². The number of rotatable bonds is 6. The minimum Gasteiger partial charge on any atom is -0.393 e. The van der Waals surface area contributed by atoms with Crippen LogP contribution in [0.5, 0.6) is 0 Å². The summed E-state index contributed by atoms with van der Waals surface area (Å²) in [6.07, 6.45) is 10.4. The van der Waals surface area contributed by atoms with Crippen LogP contribution in [0.3, 0.4) is 0 Å². The van der Waals surface area contributed by atoms with Crippen LogP contribution in [0.1, 0.15) is 99.1 Å². The topological polar surface area (TPSA) is 56.0 Å². The number of benzene rings is 2. The highest BCUT2D eigenvalue weighted by Crippen LogP contribution is 2.33. The third-order valence-corrected chi connectivity index (χ3v) is 6.26. The Morgan fingerprint density at radius 3 is 2.33 bits per heavy atom. The Labute approximate surface area is 201 Å². The van der Waals surface area contributed by atoms with Crippen molar-refractivity contribution in [1.29, 1.82) is 5.26 Å². The second kappa shape index (κ2) is 13.2. The Balaban J connectivity index is 0.000000468. The molecular weight excluding hydrogens is 404 g/mol. The zero-order chi connectivity index (χ0) is 24.4. The lowest BCUT2D eigenvalue weighted by Gasteiger charge is -2.19. The van der Waals surface area contributed by atoms with Crippen LogP contribution in [-0.4, -0.2) is 17.3 Å². The number of aliphatic hydroxyl groups is 1. The highest BCUT2D eigenvalue weighted by Gasteiger charge is 2.15. The minimum atomic E-state index is 0.0359. The fraction of sp³-hybridized carbons (Fsp3) is 0.500. The summed E-state index contributed by atoms with van der Waals surface area (Å²) in [5.74, 6) is 0. The van der Waals surface area contributed by atoms with Gasteiger partial charge < -0.3 is 10.4 Å². The third kappa shape index (κ3) is 7.76. The molecule has 0 saturated heterocycles. The quantitative estimate of drug-likeness (QED) is 0.475. The first-order valence-electron chi connectivity index (χ1n) is 12.5. The van der Waals surface area contributed by atoms with E-state index in [1.807, 2.05) is 13.0 Å². The molecule has 2 aromatic rings. The van der Waals surface area contributed by atoms with E-state index in [-0.39, 0.29) is 6.10 Å². The SMILES string of the molecule is CCC/C=C(\c1cc(C#N)c(C)cc1C)c1cccc(NC(C)C)c1C.OC1CCCCC1. The lowest BCUT2D eigenvalue weighted by molar-refractivity contribution is 0.130. The summed E-state index contributed by atoms with van der Waals surface area (Å²) in [4.78, 5) is 0. The molecule has 2 N–H and O–H groups in total. The van der Waals surface area contributed by atoms with Gasteiger partial charge in [-0.1, -0.05) is 56.9 Å². The van der Waals surface area contributed by atoms with Crippen molar-refractivity contribution in [2.75, 3.05) is 5.32 Å². The van der Waals surface area contributed by atoms with E-state index in [0.717, 1.165) is 42.4 Å². The first kappa shape index (κ1) is 26.7. The zero-order valence-electron chi connectivity index (χ0n) is 21.5. The van der Waals surface area contributed by atoms with Crippen LogP contribution in [-0.2, 0) is 0 Å². The van der Waals surface area contributed by atoms with Gasteiger partial charge in [0.1, 0.15) is 0 Å². The number of allylic oxidation sites excluding steroid dienone is 1.